The summed E-state index contributed by atoms with van der Waals surface area (Å²) in [6.07, 6.45) is 5.17. The first kappa shape index (κ1) is 10.00. The van der Waals surface area contributed by atoms with Crippen molar-refractivity contribution in [2.45, 2.75) is 6.92 Å². The van der Waals surface area contributed by atoms with Gasteiger partial charge in [0, 0.05) is 0 Å². The van der Waals surface area contributed by atoms with Crippen LogP contribution in [0.2, 0.25) is 5.15 Å². The van der Waals surface area contributed by atoms with Crippen molar-refractivity contribution in [1.82, 2.24) is 4.98 Å². The molecule has 0 amide bonds. The molecule has 1 aromatic rings. The molecular formula is C9H9BClNO. The van der Waals surface area contributed by atoms with E-state index in [9.17, 15) is 0 Å². The van der Waals surface area contributed by atoms with E-state index in [0.717, 1.165) is 18.3 Å². The van der Waals surface area contributed by atoms with Gasteiger partial charge in [-0.25, -0.2) is 0 Å². The van der Waals surface area contributed by atoms with Crippen LogP contribution in [-0.4, -0.2) is 23.1 Å². The monoisotopic (exact) mass is 193 g/mol. The second-order valence-electron chi connectivity index (χ2n) is 2.53. The summed E-state index contributed by atoms with van der Waals surface area (Å²) in [5, 5.41) is 8.88. The predicted octanol–water partition coefficient (Wildman–Crippen LogP) is 1.47. The van der Waals surface area contributed by atoms with Gasteiger partial charge >= 0.3 is 82.3 Å². The Morgan fingerprint density at radius 1 is 1.62 bits per heavy atom. The number of pyridine rings is 1. The van der Waals surface area contributed by atoms with E-state index in [-0.39, 0.29) is 0 Å². The van der Waals surface area contributed by atoms with Crippen LogP contribution < -0.4 is 0 Å². The summed E-state index contributed by atoms with van der Waals surface area (Å²) < 4.78 is 0. The molecule has 0 aliphatic rings. The van der Waals surface area contributed by atoms with E-state index >= 15 is 0 Å². The average Bonchev–Trinajstić information content (AvgIpc) is 2.10. The van der Waals surface area contributed by atoms with Gasteiger partial charge < -0.3 is 0 Å². The van der Waals surface area contributed by atoms with E-state index in [1.54, 1.807) is 18.3 Å². The third-order valence-corrected chi connectivity index (χ3v) is 1.92. The predicted molar refractivity (Wildman–Crippen MR) is 57.1 cm³/mol. The van der Waals surface area contributed by atoms with Gasteiger partial charge in [0.1, 0.15) is 0 Å². The van der Waals surface area contributed by atoms with Crippen molar-refractivity contribution >= 4 is 30.8 Å². The van der Waals surface area contributed by atoms with Gasteiger partial charge in [-0.15, -0.1) is 0 Å². The fraction of sp³-hybridized carbons (Fsp3) is 0.111. The Bertz CT molecular complexity index is 329. The molecule has 1 heterocycles. The first-order chi connectivity index (χ1) is 6.25. The Kier molecular flexibility index (Phi) is 3.71. The number of aromatic nitrogens is 1. The van der Waals surface area contributed by atoms with Crippen molar-refractivity contribution < 1.29 is 5.02 Å². The Morgan fingerprint density at radius 3 is 3.00 bits per heavy atom. The second kappa shape index (κ2) is 4.82. The number of nitrogens with zero attached hydrogens (tertiary/aromatic N) is 1. The van der Waals surface area contributed by atoms with Gasteiger partial charge in [-0.2, -0.15) is 0 Å². The normalized spacial score (nSPS) is 10.9. The first-order valence-electron chi connectivity index (χ1n) is 3.84. The number of aryl methyl sites for hydroxylation is 1. The molecule has 0 aromatic carbocycles. The number of halogens is 1. The molecule has 2 nitrogen and oxygen atoms in total. The fourth-order valence-corrected chi connectivity index (χ4v) is 1.21. The van der Waals surface area contributed by atoms with Crippen LogP contribution in [-0.2, 0) is 0 Å². The average molecular weight is 193 g/mol. The van der Waals surface area contributed by atoms with E-state index in [4.69, 9.17) is 16.6 Å². The molecule has 4 heteroatoms. The summed E-state index contributed by atoms with van der Waals surface area (Å²) in [6.45, 7) is 1.95. The molecule has 0 saturated carbocycles. The Labute approximate surface area is 82.8 Å². The summed E-state index contributed by atoms with van der Waals surface area (Å²) in [5.41, 5.74) is 1.94. The molecule has 0 unspecified atom stereocenters. The number of hydrogen-bond donors (Lipinski definition) is 1. The Hall–Kier alpha value is -1.09. The van der Waals surface area contributed by atoms with Gasteiger partial charge in [0.15, 0.2) is 0 Å². The van der Waals surface area contributed by atoms with Crippen LogP contribution in [0.5, 0.6) is 0 Å². The fourth-order valence-electron chi connectivity index (χ4n) is 0.938. The van der Waals surface area contributed by atoms with Crippen molar-refractivity contribution in [2.75, 3.05) is 0 Å². The maximum atomic E-state index is 8.40. The molecule has 1 rings (SSSR count). The molecule has 0 bridgehead atoms. The van der Waals surface area contributed by atoms with E-state index in [1.165, 1.54) is 5.97 Å². The van der Waals surface area contributed by atoms with Crippen molar-refractivity contribution in [3.05, 3.63) is 34.6 Å². The summed E-state index contributed by atoms with van der Waals surface area (Å²) in [4.78, 5) is 3.95. The zero-order valence-electron chi connectivity index (χ0n) is 7.24. The van der Waals surface area contributed by atoms with Crippen LogP contribution in [0.25, 0.3) is 6.08 Å². The molecule has 66 valence electrons. The summed E-state index contributed by atoms with van der Waals surface area (Å²) in [7, 11) is 0.968. The molecule has 1 N–H and O–H groups in total. The van der Waals surface area contributed by atoms with Gasteiger partial charge in [-0.05, 0) is 0 Å². The van der Waals surface area contributed by atoms with Gasteiger partial charge in [-0.1, -0.05) is 0 Å². The van der Waals surface area contributed by atoms with Crippen molar-refractivity contribution in [3.63, 3.8) is 0 Å². The van der Waals surface area contributed by atoms with Crippen LogP contribution in [0.4, 0.5) is 0 Å². The van der Waals surface area contributed by atoms with E-state index in [0.29, 0.717) is 5.15 Å². The SMILES string of the molecule is Cc1ccnc(Cl)c1/C=C\C=BO. The molecule has 0 aliphatic heterocycles. The van der Waals surface area contributed by atoms with Crippen LogP contribution in [0.3, 0.4) is 0 Å². The molecule has 0 saturated heterocycles. The van der Waals surface area contributed by atoms with Crippen molar-refractivity contribution in [3.8, 4) is 0 Å². The standard InChI is InChI=1S/C9H9BClNO/c1-7-4-6-12-9(11)8(7)3-2-5-10-13/h2-6,13H,1H3/b3-2-. The van der Waals surface area contributed by atoms with E-state index in [2.05, 4.69) is 4.98 Å². The zero-order valence-corrected chi connectivity index (χ0v) is 7.99. The van der Waals surface area contributed by atoms with Crippen molar-refractivity contribution in [1.29, 1.82) is 0 Å². The Morgan fingerprint density at radius 2 is 2.38 bits per heavy atom. The van der Waals surface area contributed by atoms with Crippen LogP contribution in [0.15, 0.2) is 18.3 Å². The topological polar surface area (TPSA) is 33.1 Å². The molecule has 13 heavy (non-hydrogen) atoms. The quantitative estimate of drug-likeness (QED) is 0.570. The molecule has 0 aliphatic carbocycles. The third-order valence-electron chi connectivity index (χ3n) is 1.62. The minimum atomic E-state index is 0.475. The number of hydrogen-bond acceptors (Lipinski definition) is 2. The molecule has 0 fully saturated rings. The molecule has 0 radical (unpaired) electrons. The van der Waals surface area contributed by atoms with Gasteiger partial charge in [0.05, 0.1) is 0 Å². The second-order valence-corrected chi connectivity index (χ2v) is 2.89. The zero-order chi connectivity index (χ0) is 9.68. The summed E-state index contributed by atoms with van der Waals surface area (Å²) >= 11 is 5.86. The molecular weight excluding hydrogens is 184 g/mol. The maximum absolute atomic E-state index is 8.40. The van der Waals surface area contributed by atoms with E-state index in [1.807, 2.05) is 13.0 Å². The van der Waals surface area contributed by atoms with Crippen LogP contribution in [0, 0.1) is 6.92 Å². The molecule has 0 atom stereocenters. The van der Waals surface area contributed by atoms with Gasteiger partial charge in [-0.3, -0.25) is 0 Å². The van der Waals surface area contributed by atoms with Gasteiger partial charge in [0.25, 0.3) is 0 Å². The molecule has 1 aromatic heterocycles. The minimum absolute atomic E-state index is 0.475. The van der Waals surface area contributed by atoms with Crippen molar-refractivity contribution in [2.24, 2.45) is 0 Å². The van der Waals surface area contributed by atoms with Crippen LogP contribution >= 0.6 is 11.6 Å². The molecule has 0 spiro atoms. The first-order valence-corrected chi connectivity index (χ1v) is 4.22. The third kappa shape index (κ3) is 2.70. The van der Waals surface area contributed by atoms with Gasteiger partial charge in [0.2, 0.25) is 0 Å². The summed E-state index contributed by atoms with van der Waals surface area (Å²) in [6, 6.07) is 1.88. The van der Waals surface area contributed by atoms with E-state index < -0.39 is 0 Å². The summed E-state index contributed by atoms with van der Waals surface area (Å²) in [5.74, 6) is 1.52. The number of rotatable bonds is 2. The number of allylic oxidation sites excluding steroid dienone is 1. The Balaban J connectivity index is 2.99. The van der Waals surface area contributed by atoms with Crippen LogP contribution in [0.1, 0.15) is 11.1 Å².